The van der Waals surface area contributed by atoms with Crippen LogP contribution in [0, 0.1) is 11.3 Å². The number of carbonyl (C=O) groups is 3. The van der Waals surface area contributed by atoms with Gasteiger partial charge in [0.15, 0.2) is 5.69 Å². The first-order chi connectivity index (χ1) is 18.2. The summed E-state index contributed by atoms with van der Waals surface area (Å²) in [5.74, 6) is -1.61. The van der Waals surface area contributed by atoms with Gasteiger partial charge in [0.1, 0.15) is 17.3 Å². The average molecular weight is 514 g/mol. The minimum atomic E-state index is -1.35. The van der Waals surface area contributed by atoms with Gasteiger partial charge in [-0.2, -0.15) is 0 Å². The summed E-state index contributed by atoms with van der Waals surface area (Å²) in [4.78, 5) is 42.3. The Kier molecular flexibility index (Phi) is 7.52. The fourth-order valence-corrected chi connectivity index (χ4v) is 3.89. The van der Waals surface area contributed by atoms with Gasteiger partial charge >= 0.3 is 5.97 Å². The van der Waals surface area contributed by atoms with Crippen molar-refractivity contribution in [1.82, 2.24) is 10.3 Å². The molecule has 6 N–H and O–H groups in total. The van der Waals surface area contributed by atoms with Gasteiger partial charge in [-0.05, 0) is 67.3 Å². The van der Waals surface area contributed by atoms with Gasteiger partial charge in [0.25, 0.3) is 11.8 Å². The number of rotatable bonds is 10. The second-order valence-corrected chi connectivity index (χ2v) is 8.84. The maximum absolute atomic E-state index is 13.4. The first-order valence-corrected chi connectivity index (χ1v) is 11.8. The minimum Gasteiger partial charge on any atom is -0.496 e. The molecule has 0 saturated heterocycles. The van der Waals surface area contributed by atoms with Crippen LogP contribution in [0.15, 0.2) is 55.1 Å². The first kappa shape index (κ1) is 26.1. The Hall–Kier alpha value is -4.99. The number of nitrogens with one attached hydrogen (secondary N) is 3. The number of amides is 2. The van der Waals surface area contributed by atoms with Crippen molar-refractivity contribution in [3.05, 3.63) is 83.2 Å². The van der Waals surface area contributed by atoms with Crippen molar-refractivity contribution >= 4 is 35.4 Å². The fourth-order valence-electron chi connectivity index (χ4n) is 3.89. The number of benzene rings is 2. The molecule has 0 bridgehead atoms. The molecule has 194 valence electrons. The number of pyridine rings is 1. The van der Waals surface area contributed by atoms with E-state index in [4.69, 9.17) is 15.9 Å². The van der Waals surface area contributed by atoms with Crippen molar-refractivity contribution < 1.29 is 24.2 Å². The van der Waals surface area contributed by atoms with Gasteiger partial charge in [-0.1, -0.05) is 12.7 Å². The predicted octanol–water partition coefficient (Wildman–Crippen LogP) is 3.77. The smallest absolute Gasteiger partial charge is 0.355 e. The van der Waals surface area contributed by atoms with Gasteiger partial charge < -0.3 is 26.2 Å². The number of ether oxygens (including phenoxy) is 1. The van der Waals surface area contributed by atoms with Gasteiger partial charge in [0.2, 0.25) is 0 Å². The number of carboxylic acid groups (broad SMARTS) is 1. The zero-order chi connectivity index (χ0) is 27.4. The lowest BCUT2D eigenvalue weighted by atomic mass is 9.94. The average Bonchev–Trinajstić information content (AvgIpc) is 3.75. The van der Waals surface area contributed by atoms with E-state index >= 15 is 0 Å². The summed E-state index contributed by atoms with van der Waals surface area (Å²) in [7, 11) is 1.45. The van der Waals surface area contributed by atoms with Crippen LogP contribution in [-0.4, -0.2) is 47.4 Å². The molecule has 0 atom stereocenters. The number of methoxy groups -OCH3 is 1. The molecule has 38 heavy (non-hydrogen) atoms. The van der Waals surface area contributed by atoms with Crippen molar-refractivity contribution in [3.63, 3.8) is 0 Å². The number of anilines is 1. The standard InChI is InChI=1S/C28H27N5O5/c1-3-16-12-21(26(34)32-18-8-6-17(7-9-18)25(29)30)20(13-23(16)38-2)19-10-11-22(33-24(19)28(36)37)27(35)31-14-15-4-5-15/h3,6-13,15H,1,4-5,14H2,2H3,(H3,29,30)(H,31,35)(H,32,34)(H,36,37). The lowest BCUT2D eigenvalue weighted by molar-refractivity contribution is 0.0691. The Bertz CT molecular complexity index is 1440. The van der Waals surface area contributed by atoms with Crippen molar-refractivity contribution in [2.24, 2.45) is 11.7 Å². The van der Waals surface area contributed by atoms with E-state index < -0.39 is 17.8 Å². The Morgan fingerprint density at radius 2 is 1.84 bits per heavy atom. The molecule has 0 unspecified atom stereocenters. The highest BCUT2D eigenvalue weighted by Crippen LogP contribution is 2.34. The van der Waals surface area contributed by atoms with Crippen molar-refractivity contribution in [3.8, 4) is 16.9 Å². The molecular formula is C28H27N5O5. The highest BCUT2D eigenvalue weighted by molar-refractivity contribution is 6.11. The third kappa shape index (κ3) is 5.70. The maximum Gasteiger partial charge on any atom is 0.355 e. The highest BCUT2D eigenvalue weighted by Gasteiger charge is 2.25. The molecule has 3 aromatic rings. The minimum absolute atomic E-state index is 0.0296. The molecule has 1 aliphatic rings. The number of aromatic carboxylic acids is 1. The van der Waals surface area contributed by atoms with Gasteiger partial charge in [0, 0.05) is 40.0 Å². The van der Waals surface area contributed by atoms with Crippen LogP contribution in [0.25, 0.3) is 17.2 Å². The number of hydrogen-bond donors (Lipinski definition) is 5. The third-order valence-electron chi connectivity index (χ3n) is 6.16. The molecule has 1 saturated carbocycles. The van der Waals surface area contributed by atoms with Crippen LogP contribution in [0.4, 0.5) is 5.69 Å². The fraction of sp³-hybridized carbons (Fsp3) is 0.179. The van der Waals surface area contributed by atoms with Gasteiger partial charge in [-0.3, -0.25) is 15.0 Å². The van der Waals surface area contributed by atoms with Crippen LogP contribution in [0.5, 0.6) is 5.75 Å². The van der Waals surface area contributed by atoms with Crippen LogP contribution >= 0.6 is 0 Å². The summed E-state index contributed by atoms with van der Waals surface area (Å²) in [5.41, 5.74) is 7.09. The van der Waals surface area contributed by atoms with E-state index in [1.807, 2.05) is 0 Å². The molecule has 10 nitrogen and oxygen atoms in total. The van der Waals surface area contributed by atoms with E-state index in [2.05, 4.69) is 22.2 Å². The van der Waals surface area contributed by atoms with E-state index in [9.17, 15) is 19.5 Å². The number of carboxylic acids is 1. The van der Waals surface area contributed by atoms with Crippen molar-refractivity contribution in [2.45, 2.75) is 12.8 Å². The van der Waals surface area contributed by atoms with Crippen LogP contribution in [0.2, 0.25) is 0 Å². The summed E-state index contributed by atoms with van der Waals surface area (Å²) in [5, 5.41) is 23.0. The van der Waals surface area contributed by atoms with Gasteiger partial charge in [0.05, 0.1) is 7.11 Å². The monoisotopic (exact) mass is 513 g/mol. The number of aromatic nitrogens is 1. The van der Waals surface area contributed by atoms with Crippen molar-refractivity contribution in [1.29, 1.82) is 5.41 Å². The van der Waals surface area contributed by atoms with E-state index in [0.29, 0.717) is 35.0 Å². The molecule has 1 fully saturated rings. The molecule has 1 heterocycles. The zero-order valence-electron chi connectivity index (χ0n) is 20.7. The molecule has 10 heteroatoms. The van der Waals surface area contributed by atoms with Crippen LogP contribution < -0.4 is 21.1 Å². The van der Waals surface area contributed by atoms with E-state index in [0.717, 1.165) is 12.8 Å². The summed E-state index contributed by atoms with van der Waals surface area (Å²) >= 11 is 0. The summed E-state index contributed by atoms with van der Waals surface area (Å²) in [6.07, 6.45) is 3.63. The van der Waals surface area contributed by atoms with E-state index in [1.165, 1.54) is 25.3 Å². The summed E-state index contributed by atoms with van der Waals surface area (Å²) < 4.78 is 5.44. The molecule has 1 aliphatic carbocycles. The van der Waals surface area contributed by atoms with E-state index in [1.54, 1.807) is 36.4 Å². The molecule has 0 aliphatic heterocycles. The molecule has 2 aromatic carbocycles. The molecule has 1 aromatic heterocycles. The Labute approximate surface area is 219 Å². The summed E-state index contributed by atoms with van der Waals surface area (Å²) in [6, 6.07) is 12.4. The van der Waals surface area contributed by atoms with Crippen LogP contribution in [0.1, 0.15) is 55.3 Å². The van der Waals surface area contributed by atoms with Crippen molar-refractivity contribution in [2.75, 3.05) is 19.0 Å². The number of nitrogens with two attached hydrogens (primary N) is 1. The highest BCUT2D eigenvalue weighted by atomic mass is 16.5. The summed E-state index contributed by atoms with van der Waals surface area (Å²) in [6.45, 7) is 4.29. The number of nitrogens with zero attached hydrogens (tertiary/aromatic N) is 1. The second kappa shape index (κ2) is 11.0. The lowest BCUT2D eigenvalue weighted by Crippen LogP contribution is -2.27. The maximum atomic E-state index is 13.4. The molecule has 2 amide bonds. The van der Waals surface area contributed by atoms with E-state index in [-0.39, 0.29) is 33.9 Å². The molecule has 0 spiro atoms. The molecular weight excluding hydrogens is 486 g/mol. The molecule has 4 rings (SSSR count). The Morgan fingerprint density at radius 1 is 1.13 bits per heavy atom. The normalized spacial score (nSPS) is 12.3. The molecule has 0 radical (unpaired) electrons. The first-order valence-electron chi connectivity index (χ1n) is 11.8. The van der Waals surface area contributed by atoms with Gasteiger partial charge in [-0.25, -0.2) is 9.78 Å². The number of nitrogen functional groups attached to an aromatic ring is 1. The number of amidine groups is 1. The Morgan fingerprint density at radius 3 is 2.42 bits per heavy atom. The topological polar surface area (TPSA) is 167 Å². The second-order valence-electron chi connectivity index (χ2n) is 8.84. The lowest BCUT2D eigenvalue weighted by Gasteiger charge is -2.16. The van der Waals surface area contributed by atoms with Gasteiger partial charge in [-0.15, -0.1) is 0 Å². The predicted molar refractivity (Wildman–Crippen MR) is 144 cm³/mol. The SMILES string of the molecule is C=Cc1cc(C(=O)Nc2ccc(C(=N)N)cc2)c(-c2ccc(C(=O)NCC3CC3)nc2C(=O)O)cc1OC. The number of carbonyl (C=O) groups excluding carboxylic acids is 2. The Balaban J connectivity index is 1.76. The third-order valence-corrected chi connectivity index (χ3v) is 6.16. The zero-order valence-corrected chi connectivity index (χ0v) is 20.7. The number of hydrogen-bond acceptors (Lipinski definition) is 6. The van der Waals surface area contributed by atoms with Crippen LogP contribution in [0.3, 0.4) is 0 Å². The largest absolute Gasteiger partial charge is 0.496 e. The quantitative estimate of drug-likeness (QED) is 0.203. The van der Waals surface area contributed by atoms with Crippen LogP contribution in [-0.2, 0) is 0 Å².